The van der Waals surface area contributed by atoms with Gasteiger partial charge in [-0.2, -0.15) is 8.78 Å². The lowest BCUT2D eigenvalue weighted by molar-refractivity contribution is -0.135. The molecule has 2 N–H and O–H groups in total. The van der Waals surface area contributed by atoms with Crippen LogP contribution < -0.4 is 10.6 Å². The number of halogens is 3. The number of hydrogen-bond acceptors (Lipinski definition) is 3. The minimum Gasteiger partial charge on any atom is -0.352 e. The fourth-order valence-corrected chi connectivity index (χ4v) is 3.90. The Morgan fingerprint density at radius 1 is 1.32 bits per heavy atom. The summed E-state index contributed by atoms with van der Waals surface area (Å²) in [4.78, 5) is 22.7. The van der Waals surface area contributed by atoms with Gasteiger partial charge in [0.2, 0.25) is 5.91 Å². The largest absolute Gasteiger partial charge is 0.352 e. The maximum Gasteiger partial charge on any atom is 0.319 e. The van der Waals surface area contributed by atoms with Gasteiger partial charge in [-0.15, -0.1) is 24.0 Å². The van der Waals surface area contributed by atoms with Crippen molar-refractivity contribution in [3.8, 4) is 0 Å². The number of rotatable bonds is 5. The Hall–Kier alpha value is -1.46. The lowest BCUT2D eigenvalue weighted by Gasteiger charge is -2.26. The summed E-state index contributed by atoms with van der Waals surface area (Å²) in [6.45, 7) is -1.07. The van der Waals surface area contributed by atoms with Crippen LogP contribution in [-0.2, 0) is 11.3 Å². The molecule has 0 spiro atoms. The van der Waals surface area contributed by atoms with Crippen LogP contribution in [0.1, 0.15) is 50.9 Å². The van der Waals surface area contributed by atoms with E-state index in [4.69, 9.17) is 0 Å². The number of amides is 1. The van der Waals surface area contributed by atoms with Gasteiger partial charge in [0.25, 0.3) is 0 Å². The van der Waals surface area contributed by atoms with E-state index in [1.807, 2.05) is 4.90 Å². The van der Waals surface area contributed by atoms with Crippen molar-refractivity contribution < 1.29 is 13.6 Å². The van der Waals surface area contributed by atoms with Crippen molar-refractivity contribution in [3.63, 3.8) is 0 Å². The Bertz CT molecular complexity index is 662. The van der Waals surface area contributed by atoms with Crippen LogP contribution in [-0.4, -0.2) is 52.5 Å². The standard InChI is InChI=1S/C18H28F2N6O.HI/c1-21-18(23-11-15-22-8-10-26(15)17(19)20)24-14-7-9-25(12-14)16(27)13-5-3-2-4-6-13;/h8,10,13-14,17H,2-7,9,11-12H2,1H3,(H2,21,23,24);1H. The highest BCUT2D eigenvalue weighted by Crippen LogP contribution is 2.26. The Kier molecular flexibility index (Phi) is 8.90. The molecule has 7 nitrogen and oxygen atoms in total. The molecule has 1 aliphatic heterocycles. The highest BCUT2D eigenvalue weighted by molar-refractivity contribution is 14.0. The molecule has 3 rings (SSSR count). The molecule has 1 saturated heterocycles. The van der Waals surface area contributed by atoms with Crippen molar-refractivity contribution in [3.05, 3.63) is 18.2 Å². The number of carbonyl (C=O) groups excluding carboxylic acids is 1. The SMILES string of the molecule is CN=C(NCc1nccn1C(F)F)NC1CCN(C(=O)C2CCCCC2)C1.I. The molecule has 158 valence electrons. The summed E-state index contributed by atoms with van der Waals surface area (Å²) in [5.74, 6) is 1.23. The Labute approximate surface area is 181 Å². The summed E-state index contributed by atoms with van der Waals surface area (Å²) in [7, 11) is 1.63. The first-order chi connectivity index (χ1) is 13.1. The second-order valence-corrected chi connectivity index (χ2v) is 7.20. The normalized spacial score (nSPS) is 20.9. The van der Waals surface area contributed by atoms with Crippen molar-refractivity contribution in [2.24, 2.45) is 10.9 Å². The van der Waals surface area contributed by atoms with E-state index < -0.39 is 6.55 Å². The number of imidazole rings is 1. The monoisotopic (exact) mass is 510 g/mol. The summed E-state index contributed by atoms with van der Waals surface area (Å²) < 4.78 is 26.6. The van der Waals surface area contributed by atoms with Crippen molar-refractivity contribution in [2.75, 3.05) is 20.1 Å². The molecule has 1 aromatic heterocycles. The zero-order chi connectivity index (χ0) is 19.2. The first-order valence-corrected chi connectivity index (χ1v) is 9.64. The number of alkyl halides is 2. The van der Waals surface area contributed by atoms with Crippen molar-refractivity contribution in [2.45, 2.75) is 57.7 Å². The number of likely N-dealkylation sites (tertiary alicyclic amines) is 1. The molecule has 10 heteroatoms. The second kappa shape index (κ2) is 10.9. The fourth-order valence-electron chi connectivity index (χ4n) is 3.90. The quantitative estimate of drug-likeness (QED) is 0.363. The van der Waals surface area contributed by atoms with Crippen LogP contribution in [0.4, 0.5) is 8.78 Å². The van der Waals surface area contributed by atoms with Crippen LogP contribution in [0.2, 0.25) is 0 Å². The minimum atomic E-state index is -2.62. The predicted octanol–water partition coefficient (Wildman–Crippen LogP) is 2.74. The van der Waals surface area contributed by atoms with Gasteiger partial charge in [0.1, 0.15) is 5.82 Å². The average Bonchev–Trinajstić information content (AvgIpc) is 3.34. The molecule has 2 fully saturated rings. The van der Waals surface area contributed by atoms with Crippen LogP contribution in [0.25, 0.3) is 0 Å². The van der Waals surface area contributed by atoms with Crippen molar-refractivity contribution in [1.29, 1.82) is 0 Å². The number of guanidine groups is 1. The number of carbonyl (C=O) groups is 1. The first kappa shape index (κ1) is 22.8. The van der Waals surface area contributed by atoms with Gasteiger partial charge in [-0.3, -0.25) is 14.4 Å². The highest BCUT2D eigenvalue weighted by Gasteiger charge is 2.31. The summed E-state index contributed by atoms with van der Waals surface area (Å²) in [6.07, 6.45) is 9.01. The summed E-state index contributed by atoms with van der Waals surface area (Å²) in [5.41, 5.74) is 0. The van der Waals surface area contributed by atoms with Gasteiger partial charge >= 0.3 is 6.55 Å². The Morgan fingerprint density at radius 3 is 2.75 bits per heavy atom. The van der Waals surface area contributed by atoms with Crippen LogP contribution in [0.3, 0.4) is 0 Å². The van der Waals surface area contributed by atoms with Gasteiger partial charge in [0, 0.05) is 44.5 Å². The number of nitrogens with zero attached hydrogens (tertiary/aromatic N) is 4. The van der Waals surface area contributed by atoms with E-state index in [1.165, 1.54) is 18.8 Å². The molecular formula is C18H29F2IN6O. The molecule has 0 radical (unpaired) electrons. The lowest BCUT2D eigenvalue weighted by Crippen LogP contribution is -2.45. The fraction of sp³-hybridized carbons (Fsp3) is 0.722. The molecule has 1 atom stereocenters. The molecule has 1 aliphatic carbocycles. The average molecular weight is 510 g/mol. The third-order valence-electron chi connectivity index (χ3n) is 5.39. The van der Waals surface area contributed by atoms with Crippen LogP contribution in [0, 0.1) is 5.92 Å². The van der Waals surface area contributed by atoms with E-state index >= 15 is 0 Å². The van der Waals surface area contributed by atoms with Gasteiger partial charge < -0.3 is 15.5 Å². The van der Waals surface area contributed by atoms with E-state index in [0.717, 1.165) is 43.2 Å². The van der Waals surface area contributed by atoms with Gasteiger partial charge in [-0.1, -0.05) is 19.3 Å². The number of hydrogen-bond donors (Lipinski definition) is 2. The third kappa shape index (κ3) is 5.77. The number of nitrogens with one attached hydrogen (secondary N) is 2. The van der Waals surface area contributed by atoms with E-state index in [1.54, 1.807) is 7.05 Å². The first-order valence-electron chi connectivity index (χ1n) is 9.64. The summed E-state index contributed by atoms with van der Waals surface area (Å²) in [5, 5.41) is 6.31. The van der Waals surface area contributed by atoms with E-state index in [0.29, 0.717) is 12.5 Å². The summed E-state index contributed by atoms with van der Waals surface area (Å²) >= 11 is 0. The smallest absolute Gasteiger partial charge is 0.319 e. The number of aliphatic imine (C=N–C) groups is 1. The van der Waals surface area contributed by atoms with Crippen molar-refractivity contribution >= 4 is 35.8 Å². The van der Waals surface area contributed by atoms with Crippen LogP contribution in [0.15, 0.2) is 17.4 Å². The predicted molar refractivity (Wildman–Crippen MR) is 114 cm³/mol. The zero-order valence-corrected chi connectivity index (χ0v) is 18.4. The number of aromatic nitrogens is 2. The molecule has 1 aromatic rings. The van der Waals surface area contributed by atoms with E-state index in [9.17, 15) is 13.6 Å². The van der Waals surface area contributed by atoms with E-state index in [2.05, 4.69) is 20.6 Å². The Balaban J connectivity index is 0.00000280. The maximum absolute atomic E-state index is 12.9. The topological polar surface area (TPSA) is 74.6 Å². The zero-order valence-electron chi connectivity index (χ0n) is 16.1. The molecule has 1 unspecified atom stereocenters. The van der Waals surface area contributed by atoms with E-state index in [-0.39, 0.29) is 54.2 Å². The van der Waals surface area contributed by atoms with Crippen LogP contribution in [0.5, 0.6) is 0 Å². The van der Waals surface area contributed by atoms with Gasteiger partial charge in [-0.05, 0) is 19.3 Å². The molecule has 1 amide bonds. The van der Waals surface area contributed by atoms with Gasteiger partial charge in [0.05, 0.1) is 6.54 Å². The lowest BCUT2D eigenvalue weighted by atomic mass is 9.88. The summed E-state index contributed by atoms with van der Waals surface area (Å²) in [6, 6.07) is 0.110. The van der Waals surface area contributed by atoms with Gasteiger partial charge in [-0.25, -0.2) is 4.98 Å². The molecule has 0 bridgehead atoms. The minimum absolute atomic E-state index is 0. The maximum atomic E-state index is 12.9. The van der Waals surface area contributed by atoms with Crippen molar-refractivity contribution in [1.82, 2.24) is 25.1 Å². The highest BCUT2D eigenvalue weighted by atomic mass is 127. The van der Waals surface area contributed by atoms with Gasteiger partial charge in [0.15, 0.2) is 5.96 Å². The molecule has 0 aromatic carbocycles. The molecule has 2 aliphatic rings. The molecular weight excluding hydrogens is 481 g/mol. The van der Waals surface area contributed by atoms with Crippen LogP contribution >= 0.6 is 24.0 Å². The third-order valence-corrected chi connectivity index (χ3v) is 5.39. The molecule has 2 heterocycles. The Morgan fingerprint density at radius 2 is 2.07 bits per heavy atom. The molecule has 28 heavy (non-hydrogen) atoms. The second-order valence-electron chi connectivity index (χ2n) is 7.20. The molecule has 1 saturated carbocycles.